The Labute approximate surface area is 122 Å². The van der Waals surface area contributed by atoms with E-state index in [1.807, 2.05) is 54.6 Å². The number of aliphatic hydroxyl groups is 1. The standard InChI is InChI=1S/C16H15N3O2/c1-21-11-15(16(20)12-7-3-2-4-8-12)19-14-10-6-5-9-13(14)17-18-19/h2-11,16,20H,1H3/b15-11+. The molecule has 0 spiro atoms. The molecule has 5 nitrogen and oxygen atoms in total. The average Bonchev–Trinajstić information content (AvgIpc) is 2.97. The molecule has 2 aromatic carbocycles. The summed E-state index contributed by atoms with van der Waals surface area (Å²) in [5.41, 5.74) is 2.85. The molecule has 0 amide bonds. The zero-order valence-corrected chi connectivity index (χ0v) is 11.5. The number of fused-ring (bicyclic) bond motifs is 1. The second-order valence-electron chi connectivity index (χ2n) is 4.58. The van der Waals surface area contributed by atoms with Crippen LogP contribution in [0.4, 0.5) is 0 Å². The van der Waals surface area contributed by atoms with Crippen LogP contribution >= 0.6 is 0 Å². The minimum atomic E-state index is -0.851. The number of methoxy groups -OCH3 is 1. The SMILES string of the molecule is CO/C=C(\C(O)c1ccccc1)n1nnc2ccccc21. The van der Waals surface area contributed by atoms with Crippen LogP contribution in [0.15, 0.2) is 60.9 Å². The highest BCUT2D eigenvalue weighted by Gasteiger charge is 2.19. The minimum Gasteiger partial charge on any atom is -0.502 e. The largest absolute Gasteiger partial charge is 0.502 e. The maximum absolute atomic E-state index is 10.6. The predicted octanol–water partition coefficient (Wildman–Crippen LogP) is 2.61. The van der Waals surface area contributed by atoms with Gasteiger partial charge in [0.1, 0.15) is 23.6 Å². The van der Waals surface area contributed by atoms with Gasteiger partial charge in [-0.05, 0) is 17.7 Å². The van der Waals surface area contributed by atoms with Crippen LogP contribution in [0.3, 0.4) is 0 Å². The summed E-state index contributed by atoms with van der Waals surface area (Å²) in [6.45, 7) is 0. The zero-order chi connectivity index (χ0) is 14.7. The molecule has 1 unspecified atom stereocenters. The topological polar surface area (TPSA) is 60.2 Å². The fourth-order valence-corrected chi connectivity index (χ4v) is 2.22. The Balaban J connectivity index is 2.09. The average molecular weight is 281 g/mol. The first-order valence-corrected chi connectivity index (χ1v) is 6.58. The molecule has 21 heavy (non-hydrogen) atoms. The van der Waals surface area contributed by atoms with Gasteiger partial charge < -0.3 is 9.84 Å². The summed E-state index contributed by atoms with van der Waals surface area (Å²) in [6, 6.07) is 16.9. The van der Waals surface area contributed by atoms with Crippen molar-refractivity contribution in [3.8, 4) is 0 Å². The molecule has 0 bridgehead atoms. The lowest BCUT2D eigenvalue weighted by atomic mass is 10.1. The molecule has 106 valence electrons. The lowest BCUT2D eigenvalue weighted by Crippen LogP contribution is -2.09. The Morgan fingerprint density at radius 2 is 1.86 bits per heavy atom. The van der Waals surface area contributed by atoms with E-state index in [1.54, 1.807) is 4.68 Å². The summed E-state index contributed by atoms with van der Waals surface area (Å²) in [6.07, 6.45) is 0.634. The van der Waals surface area contributed by atoms with Gasteiger partial charge in [0.2, 0.25) is 0 Å². The van der Waals surface area contributed by atoms with Crippen molar-refractivity contribution in [1.29, 1.82) is 0 Å². The van der Waals surface area contributed by atoms with Crippen LogP contribution in [0.5, 0.6) is 0 Å². The van der Waals surface area contributed by atoms with Gasteiger partial charge in [0.05, 0.1) is 12.6 Å². The number of aliphatic hydroxyl groups excluding tert-OH is 1. The monoisotopic (exact) mass is 281 g/mol. The smallest absolute Gasteiger partial charge is 0.124 e. The highest BCUT2D eigenvalue weighted by Crippen LogP contribution is 2.27. The van der Waals surface area contributed by atoms with E-state index in [1.165, 1.54) is 13.4 Å². The molecular weight excluding hydrogens is 266 g/mol. The van der Waals surface area contributed by atoms with Crippen LogP contribution in [-0.2, 0) is 4.74 Å². The molecule has 1 N–H and O–H groups in total. The molecule has 3 rings (SSSR count). The first kappa shape index (κ1) is 13.3. The molecular formula is C16H15N3O2. The molecule has 1 atom stereocenters. The fraction of sp³-hybridized carbons (Fsp3) is 0.125. The van der Waals surface area contributed by atoms with Crippen LogP contribution in [0.1, 0.15) is 11.7 Å². The lowest BCUT2D eigenvalue weighted by molar-refractivity contribution is 0.223. The van der Waals surface area contributed by atoms with Gasteiger partial charge in [-0.1, -0.05) is 47.7 Å². The normalized spacial score (nSPS) is 13.3. The van der Waals surface area contributed by atoms with E-state index in [0.717, 1.165) is 16.6 Å². The Hall–Kier alpha value is -2.66. The first-order chi connectivity index (χ1) is 10.3. The summed E-state index contributed by atoms with van der Waals surface area (Å²) in [7, 11) is 1.54. The van der Waals surface area contributed by atoms with Crippen molar-refractivity contribution < 1.29 is 9.84 Å². The number of nitrogens with zero attached hydrogens (tertiary/aromatic N) is 3. The molecule has 0 radical (unpaired) electrons. The number of benzene rings is 2. The van der Waals surface area contributed by atoms with Crippen molar-refractivity contribution >= 4 is 16.7 Å². The van der Waals surface area contributed by atoms with Gasteiger partial charge in [0, 0.05) is 0 Å². The number of rotatable bonds is 4. The van der Waals surface area contributed by atoms with Crippen LogP contribution in [-0.4, -0.2) is 27.2 Å². The van der Waals surface area contributed by atoms with Gasteiger partial charge in [0.15, 0.2) is 0 Å². The van der Waals surface area contributed by atoms with E-state index in [9.17, 15) is 5.11 Å². The van der Waals surface area contributed by atoms with Crippen LogP contribution in [0.25, 0.3) is 16.7 Å². The van der Waals surface area contributed by atoms with Crippen LogP contribution in [0.2, 0.25) is 0 Å². The lowest BCUT2D eigenvalue weighted by Gasteiger charge is -2.15. The van der Waals surface area contributed by atoms with Crippen molar-refractivity contribution in [2.45, 2.75) is 6.10 Å². The van der Waals surface area contributed by atoms with Gasteiger partial charge in [-0.25, -0.2) is 4.68 Å². The maximum Gasteiger partial charge on any atom is 0.124 e. The quantitative estimate of drug-likeness (QED) is 0.747. The summed E-state index contributed by atoms with van der Waals surface area (Å²) in [5, 5.41) is 18.8. The minimum absolute atomic E-state index is 0.511. The molecule has 0 saturated carbocycles. The summed E-state index contributed by atoms with van der Waals surface area (Å²) < 4.78 is 6.70. The maximum atomic E-state index is 10.6. The number of ether oxygens (including phenoxy) is 1. The van der Waals surface area contributed by atoms with Crippen molar-refractivity contribution in [1.82, 2.24) is 15.0 Å². The number of hydrogen-bond donors (Lipinski definition) is 1. The highest BCUT2D eigenvalue weighted by molar-refractivity contribution is 5.78. The van der Waals surface area contributed by atoms with Gasteiger partial charge in [-0.15, -0.1) is 5.10 Å². The number of aromatic nitrogens is 3. The third-order valence-corrected chi connectivity index (χ3v) is 3.23. The predicted molar refractivity (Wildman–Crippen MR) is 80.2 cm³/mol. The van der Waals surface area contributed by atoms with Crippen molar-refractivity contribution in [3.63, 3.8) is 0 Å². The van der Waals surface area contributed by atoms with Gasteiger partial charge in [0.25, 0.3) is 0 Å². The molecule has 0 aliphatic carbocycles. The van der Waals surface area contributed by atoms with E-state index in [2.05, 4.69) is 10.3 Å². The third kappa shape index (κ3) is 2.51. The Kier molecular flexibility index (Phi) is 3.66. The van der Waals surface area contributed by atoms with Crippen molar-refractivity contribution in [3.05, 3.63) is 66.4 Å². The van der Waals surface area contributed by atoms with Gasteiger partial charge in [-0.2, -0.15) is 0 Å². The van der Waals surface area contributed by atoms with E-state index in [-0.39, 0.29) is 0 Å². The molecule has 0 aliphatic rings. The second kappa shape index (κ2) is 5.76. The molecule has 1 heterocycles. The zero-order valence-electron chi connectivity index (χ0n) is 11.5. The molecule has 3 aromatic rings. The summed E-state index contributed by atoms with van der Waals surface area (Å²) in [5.74, 6) is 0. The number of para-hydroxylation sites is 1. The Morgan fingerprint density at radius 3 is 2.62 bits per heavy atom. The molecule has 0 saturated heterocycles. The number of hydrogen-bond acceptors (Lipinski definition) is 4. The van der Waals surface area contributed by atoms with Gasteiger partial charge >= 0.3 is 0 Å². The Morgan fingerprint density at radius 1 is 1.14 bits per heavy atom. The second-order valence-corrected chi connectivity index (χ2v) is 4.58. The highest BCUT2D eigenvalue weighted by atomic mass is 16.5. The molecule has 1 aromatic heterocycles. The van der Waals surface area contributed by atoms with E-state index in [4.69, 9.17) is 4.74 Å². The van der Waals surface area contributed by atoms with Crippen molar-refractivity contribution in [2.75, 3.05) is 7.11 Å². The summed E-state index contributed by atoms with van der Waals surface area (Å²) in [4.78, 5) is 0. The van der Waals surface area contributed by atoms with Crippen molar-refractivity contribution in [2.24, 2.45) is 0 Å². The Bertz CT molecular complexity index is 765. The van der Waals surface area contributed by atoms with Gasteiger partial charge in [-0.3, -0.25) is 0 Å². The van der Waals surface area contributed by atoms with Crippen LogP contribution in [0, 0.1) is 0 Å². The van der Waals surface area contributed by atoms with Crippen LogP contribution < -0.4 is 0 Å². The van der Waals surface area contributed by atoms with E-state index >= 15 is 0 Å². The molecule has 5 heteroatoms. The van der Waals surface area contributed by atoms with E-state index in [0.29, 0.717) is 5.70 Å². The van der Waals surface area contributed by atoms with E-state index < -0.39 is 6.10 Å². The molecule has 0 fully saturated rings. The summed E-state index contributed by atoms with van der Waals surface area (Å²) >= 11 is 0. The fourth-order valence-electron chi connectivity index (χ4n) is 2.22. The first-order valence-electron chi connectivity index (χ1n) is 6.58. The third-order valence-electron chi connectivity index (χ3n) is 3.23. The molecule has 0 aliphatic heterocycles.